The van der Waals surface area contributed by atoms with Crippen LogP contribution >= 0.6 is 0 Å². The summed E-state index contributed by atoms with van der Waals surface area (Å²) in [5, 5.41) is 11.6. The number of oxime groups is 1. The molecule has 1 rings (SSSR count). The topological polar surface area (TPSA) is 71.4 Å². The van der Waals surface area contributed by atoms with E-state index in [-0.39, 0.29) is 5.92 Å². The van der Waals surface area contributed by atoms with Gasteiger partial charge in [0.25, 0.3) is 0 Å². The van der Waals surface area contributed by atoms with Crippen LogP contribution in [0.15, 0.2) is 5.16 Å². The molecule has 42 valence electrons. The number of hydrogen-bond acceptors (Lipinski definition) is 4. The molecule has 1 heterocycles. The lowest BCUT2D eigenvalue weighted by Crippen LogP contribution is -2.26. The van der Waals surface area contributed by atoms with E-state index in [2.05, 4.69) is 9.99 Å². The van der Waals surface area contributed by atoms with Crippen LogP contribution in [0.1, 0.15) is 0 Å². The van der Waals surface area contributed by atoms with Gasteiger partial charge in [-0.2, -0.15) is 5.26 Å². The molecule has 0 radical (unpaired) electrons. The minimum absolute atomic E-state index is 0.366. The first-order valence-electron chi connectivity index (χ1n) is 2.19. The molecular weight excluding hydrogens is 106 g/mol. The van der Waals surface area contributed by atoms with Crippen molar-refractivity contribution in [3.63, 3.8) is 0 Å². The van der Waals surface area contributed by atoms with Crippen molar-refractivity contribution in [1.82, 2.24) is 0 Å². The van der Waals surface area contributed by atoms with Gasteiger partial charge < -0.3 is 4.84 Å². The molecule has 8 heavy (non-hydrogen) atoms. The van der Waals surface area contributed by atoms with Crippen LogP contribution < -0.4 is 5.73 Å². The Morgan fingerprint density at radius 2 is 2.62 bits per heavy atom. The van der Waals surface area contributed by atoms with Crippen LogP contribution in [0.2, 0.25) is 0 Å². The number of nitriles is 1. The zero-order chi connectivity index (χ0) is 5.98. The van der Waals surface area contributed by atoms with E-state index in [4.69, 9.17) is 11.0 Å². The summed E-state index contributed by atoms with van der Waals surface area (Å²) in [6.45, 7) is 0. The smallest absolute Gasteiger partial charge is 0.197 e. The lowest BCUT2D eigenvalue weighted by Gasteiger charge is -2.00. The third kappa shape index (κ3) is 0.634. The minimum Gasteiger partial charge on any atom is -0.375 e. The van der Waals surface area contributed by atoms with Crippen molar-refractivity contribution in [3.8, 4) is 6.07 Å². The van der Waals surface area contributed by atoms with Gasteiger partial charge in [-0.1, -0.05) is 5.16 Å². The molecule has 1 aliphatic rings. The highest BCUT2D eigenvalue weighted by atomic mass is 16.7. The van der Waals surface area contributed by atoms with Crippen molar-refractivity contribution in [2.75, 3.05) is 0 Å². The fourth-order valence-corrected chi connectivity index (χ4v) is 0.428. The Bertz CT molecular complexity index is 148. The molecule has 4 nitrogen and oxygen atoms in total. The van der Waals surface area contributed by atoms with Crippen molar-refractivity contribution < 1.29 is 4.84 Å². The Morgan fingerprint density at radius 1 is 1.88 bits per heavy atom. The zero-order valence-corrected chi connectivity index (χ0v) is 4.11. The molecule has 0 saturated heterocycles. The molecule has 0 aromatic carbocycles. The molecular formula is C4H5N3O. The number of nitrogens with zero attached hydrogens (tertiary/aromatic N) is 2. The summed E-state index contributed by atoms with van der Waals surface area (Å²) < 4.78 is 0. The highest BCUT2D eigenvalue weighted by Crippen LogP contribution is 2.05. The van der Waals surface area contributed by atoms with E-state index in [1.54, 1.807) is 0 Å². The molecule has 0 spiro atoms. The molecule has 2 N–H and O–H groups in total. The highest BCUT2D eigenvalue weighted by molar-refractivity contribution is 5.65. The second-order valence-corrected chi connectivity index (χ2v) is 1.48. The molecule has 0 aromatic rings. The standard InChI is InChI=1S/C4H5N3O/c5-1-3-2-7-8-4(3)6/h2-4H,6H2. The van der Waals surface area contributed by atoms with Crippen molar-refractivity contribution in [2.45, 2.75) is 6.23 Å². The van der Waals surface area contributed by atoms with Gasteiger partial charge in [0, 0.05) is 0 Å². The third-order valence-electron chi connectivity index (χ3n) is 0.907. The van der Waals surface area contributed by atoms with E-state index in [9.17, 15) is 0 Å². The molecule has 0 aromatic heterocycles. The first-order chi connectivity index (χ1) is 3.84. The largest absolute Gasteiger partial charge is 0.375 e. The molecule has 1 aliphatic heterocycles. The third-order valence-corrected chi connectivity index (χ3v) is 0.907. The van der Waals surface area contributed by atoms with E-state index in [1.807, 2.05) is 6.07 Å². The van der Waals surface area contributed by atoms with Crippen LogP contribution in [0.25, 0.3) is 0 Å². The molecule has 0 aliphatic carbocycles. The maximum absolute atomic E-state index is 8.24. The average Bonchev–Trinajstić information content (AvgIpc) is 2.14. The Balaban J connectivity index is 2.57. The summed E-state index contributed by atoms with van der Waals surface area (Å²) in [4.78, 5) is 4.48. The second kappa shape index (κ2) is 1.80. The van der Waals surface area contributed by atoms with Crippen LogP contribution in [-0.2, 0) is 4.84 Å². The monoisotopic (exact) mass is 111 g/mol. The number of rotatable bonds is 0. The fraction of sp³-hybridized carbons (Fsp3) is 0.500. The molecule has 2 unspecified atom stereocenters. The Kier molecular flexibility index (Phi) is 1.14. The van der Waals surface area contributed by atoms with Gasteiger partial charge >= 0.3 is 0 Å². The minimum atomic E-state index is -0.556. The van der Waals surface area contributed by atoms with Crippen LogP contribution in [0.5, 0.6) is 0 Å². The van der Waals surface area contributed by atoms with Gasteiger partial charge in [-0.05, 0) is 0 Å². The fourth-order valence-electron chi connectivity index (χ4n) is 0.428. The Labute approximate surface area is 46.5 Å². The predicted molar refractivity (Wildman–Crippen MR) is 26.7 cm³/mol. The maximum atomic E-state index is 8.24. The second-order valence-electron chi connectivity index (χ2n) is 1.48. The number of hydrogen-bond donors (Lipinski definition) is 1. The van der Waals surface area contributed by atoms with Crippen molar-refractivity contribution >= 4 is 6.21 Å². The van der Waals surface area contributed by atoms with Crippen molar-refractivity contribution in [2.24, 2.45) is 16.8 Å². The summed E-state index contributed by atoms with van der Waals surface area (Å²) in [5.41, 5.74) is 5.22. The SMILES string of the molecule is N#CC1C=NOC1N. The van der Waals surface area contributed by atoms with Gasteiger partial charge in [0.05, 0.1) is 12.3 Å². The van der Waals surface area contributed by atoms with E-state index in [0.29, 0.717) is 0 Å². The van der Waals surface area contributed by atoms with Gasteiger partial charge in [0.15, 0.2) is 6.23 Å². The first-order valence-corrected chi connectivity index (χ1v) is 2.19. The van der Waals surface area contributed by atoms with E-state index in [1.165, 1.54) is 6.21 Å². The lowest BCUT2D eigenvalue weighted by atomic mass is 10.2. The molecule has 0 fully saturated rings. The van der Waals surface area contributed by atoms with Crippen LogP contribution in [0.4, 0.5) is 0 Å². The normalized spacial score (nSPS) is 34.0. The summed E-state index contributed by atoms with van der Waals surface area (Å²) in [7, 11) is 0. The average molecular weight is 111 g/mol. The van der Waals surface area contributed by atoms with Gasteiger partial charge in [-0.3, -0.25) is 5.73 Å². The molecule has 4 heteroatoms. The summed E-state index contributed by atoms with van der Waals surface area (Å²) >= 11 is 0. The van der Waals surface area contributed by atoms with Crippen LogP contribution in [0, 0.1) is 17.2 Å². The lowest BCUT2D eigenvalue weighted by molar-refractivity contribution is 0.0775. The number of nitrogens with two attached hydrogens (primary N) is 1. The molecule has 2 atom stereocenters. The molecule has 0 bridgehead atoms. The predicted octanol–water partition coefficient (Wildman–Crippen LogP) is -0.573. The van der Waals surface area contributed by atoms with Crippen molar-refractivity contribution in [1.29, 1.82) is 5.26 Å². The highest BCUT2D eigenvalue weighted by Gasteiger charge is 2.21. The van der Waals surface area contributed by atoms with Crippen molar-refractivity contribution in [3.05, 3.63) is 0 Å². The van der Waals surface area contributed by atoms with Gasteiger partial charge in [0.1, 0.15) is 5.92 Å². The van der Waals surface area contributed by atoms with Gasteiger partial charge in [-0.25, -0.2) is 0 Å². The Morgan fingerprint density at radius 3 is 2.88 bits per heavy atom. The van der Waals surface area contributed by atoms with Crippen LogP contribution in [0.3, 0.4) is 0 Å². The Hall–Kier alpha value is -1.08. The summed E-state index contributed by atoms with van der Waals surface area (Å²) in [6.07, 6.45) is 0.838. The van der Waals surface area contributed by atoms with E-state index < -0.39 is 6.23 Å². The molecule has 0 saturated carbocycles. The molecule has 0 amide bonds. The first kappa shape index (κ1) is 5.06. The van der Waals surface area contributed by atoms with E-state index >= 15 is 0 Å². The summed E-state index contributed by atoms with van der Waals surface area (Å²) in [6, 6.07) is 1.91. The summed E-state index contributed by atoms with van der Waals surface area (Å²) in [5.74, 6) is -0.366. The van der Waals surface area contributed by atoms with Crippen LogP contribution in [-0.4, -0.2) is 12.4 Å². The van der Waals surface area contributed by atoms with Gasteiger partial charge in [0.2, 0.25) is 0 Å². The zero-order valence-electron chi connectivity index (χ0n) is 4.11. The van der Waals surface area contributed by atoms with Gasteiger partial charge in [-0.15, -0.1) is 0 Å². The van der Waals surface area contributed by atoms with E-state index in [0.717, 1.165) is 0 Å². The quantitative estimate of drug-likeness (QED) is 0.455. The maximum Gasteiger partial charge on any atom is 0.197 e.